The number of ether oxygens (including phenoxy) is 1. The molecule has 3 unspecified atom stereocenters. The Morgan fingerprint density at radius 2 is 1.85 bits per heavy atom. The highest BCUT2D eigenvalue weighted by Gasteiger charge is 2.34. The van der Waals surface area contributed by atoms with Gasteiger partial charge >= 0.3 is 0 Å². The first kappa shape index (κ1) is 33.1. The molecule has 1 aliphatic carbocycles. The molecular weight excluding hydrogens is 667 g/mol. The Labute approximate surface area is 281 Å². The molecule has 2 saturated heterocycles. The van der Waals surface area contributed by atoms with E-state index in [0.29, 0.717) is 34.8 Å². The zero-order valence-corrected chi connectivity index (χ0v) is 30.0. The number of piperidine rings is 1. The van der Waals surface area contributed by atoms with Crippen molar-refractivity contribution in [2.45, 2.75) is 44.6 Å². The number of fused-ring (bicyclic) bond motifs is 1. The molecule has 5 aliphatic rings. The summed E-state index contributed by atoms with van der Waals surface area (Å²) in [5.74, 6) is 1.91. The van der Waals surface area contributed by atoms with Crippen molar-refractivity contribution in [3.63, 3.8) is 0 Å². The molecule has 1 aromatic carbocycles. The van der Waals surface area contributed by atoms with Crippen LogP contribution >= 0.6 is 23.1 Å². The lowest BCUT2D eigenvalue weighted by atomic mass is 9.87. The van der Waals surface area contributed by atoms with Crippen LogP contribution < -0.4 is 32.1 Å². The van der Waals surface area contributed by atoms with Crippen LogP contribution in [0.1, 0.15) is 26.2 Å². The SMILES string of the molecule is CCC1C=C(NC2N=CC(Br)=C(Nc3ccc4c(c3P(C)(C)=O)N=CNN4)N2)C(OC)=CC1N1CCC(N2CCN(C)CC2)CC1. The minimum absolute atomic E-state index is 0.307. The third kappa shape index (κ3) is 7.18. The van der Waals surface area contributed by atoms with Crippen molar-refractivity contribution in [1.29, 1.82) is 0 Å². The van der Waals surface area contributed by atoms with Crippen LogP contribution in [0.2, 0.25) is 0 Å². The summed E-state index contributed by atoms with van der Waals surface area (Å²) in [6, 6.07) is 4.83. The molecule has 0 amide bonds. The second-order valence-electron chi connectivity index (χ2n) is 13.0. The lowest BCUT2D eigenvalue weighted by Crippen LogP contribution is -2.54. The van der Waals surface area contributed by atoms with Gasteiger partial charge in [0.25, 0.3) is 0 Å². The van der Waals surface area contributed by atoms with E-state index in [1.165, 1.54) is 39.0 Å². The monoisotopic (exact) mass is 714 g/mol. The summed E-state index contributed by atoms with van der Waals surface area (Å²) in [4.78, 5) is 17.0. The minimum Gasteiger partial charge on any atom is -0.495 e. The molecule has 2 fully saturated rings. The molecule has 0 bridgehead atoms. The third-order valence-electron chi connectivity index (χ3n) is 9.64. The fourth-order valence-corrected chi connectivity index (χ4v) is 8.83. The van der Waals surface area contributed by atoms with E-state index < -0.39 is 13.4 Å². The number of aliphatic imine (C=N–C) groups is 2. The van der Waals surface area contributed by atoms with E-state index in [0.717, 1.165) is 46.8 Å². The Hall–Kier alpha value is -2.83. The molecule has 250 valence electrons. The molecule has 4 aliphatic heterocycles. The molecular formula is C32H48BrN10O2P. The summed E-state index contributed by atoms with van der Waals surface area (Å²) < 4.78 is 20.2. The van der Waals surface area contributed by atoms with Crippen LogP contribution in [0.15, 0.2) is 56.0 Å². The van der Waals surface area contributed by atoms with Gasteiger partial charge in [0.2, 0.25) is 0 Å². The Morgan fingerprint density at radius 1 is 1.09 bits per heavy atom. The number of piperazine rings is 1. The van der Waals surface area contributed by atoms with Gasteiger partial charge in [-0.2, -0.15) is 0 Å². The van der Waals surface area contributed by atoms with Crippen LogP contribution in [-0.4, -0.2) is 112 Å². The number of hydrogen-bond acceptors (Lipinski definition) is 12. The van der Waals surface area contributed by atoms with E-state index in [9.17, 15) is 4.57 Å². The number of nitrogens with zero attached hydrogens (tertiary/aromatic N) is 5. The molecule has 5 N–H and O–H groups in total. The van der Waals surface area contributed by atoms with E-state index in [1.807, 2.05) is 12.1 Å². The molecule has 0 radical (unpaired) electrons. The number of nitrogens with one attached hydrogen (secondary N) is 5. The van der Waals surface area contributed by atoms with Crippen molar-refractivity contribution in [1.82, 2.24) is 30.8 Å². The maximum atomic E-state index is 13.4. The summed E-state index contributed by atoms with van der Waals surface area (Å²) in [6.07, 6.45) is 11.0. The molecule has 12 nitrogen and oxygen atoms in total. The van der Waals surface area contributed by atoms with Gasteiger partial charge in [-0.3, -0.25) is 20.7 Å². The van der Waals surface area contributed by atoms with Crippen molar-refractivity contribution in [2.75, 3.05) is 77.5 Å². The van der Waals surface area contributed by atoms with Gasteiger partial charge in [-0.25, -0.2) is 9.98 Å². The standard InChI is InChI=1S/C32H48BrN10O2P/c1-6-21-17-26(28(45-3)18-27(21)43-11-9-22(10-12-43)42-15-13-41(2)14-16-42)38-32-34-19-23(33)31(39-32)37-25-8-7-24-29(35-20-36-40-24)30(25)46(4,5)44/h7-8,17-22,27,32,37-40H,6,9-16H2,1-5H3,(H,35,36). The number of hydrazine groups is 1. The van der Waals surface area contributed by atoms with Crippen molar-refractivity contribution in [2.24, 2.45) is 15.9 Å². The molecule has 46 heavy (non-hydrogen) atoms. The number of methoxy groups -OCH3 is 1. The summed E-state index contributed by atoms with van der Waals surface area (Å²) in [5.41, 5.74) is 9.07. The topological polar surface area (TPSA) is 121 Å². The predicted molar refractivity (Wildman–Crippen MR) is 193 cm³/mol. The van der Waals surface area contributed by atoms with Crippen molar-refractivity contribution >= 4 is 58.0 Å². The second-order valence-corrected chi connectivity index (χ2v) is 17.0. The number of likely N-dealkylation sites (tertiary alicyclic amines) is 1. The lowest BCUT2D eigenvalue weighted by Gasteiger charge is -2.45. The van der Waals surface area contributed by atoms with Crippen LogP contribution in [0.3, 0.4) is 0 Å². The van der Waals surface area contributed by atoms with Crippen molar-refractivity contribution in [3.05, 3.63) is 46.0 Å². The van der Waals surface area contributed by atoms with Crippen LogP contribution in [0.4, 0.5) is 17.1 Å². The lowest BCUT2D eigenvalue weighted by molar-refractivity contribution is 0.0533. The van der Waals surface area contributed by atoms with Crippen LogP contribution in [0.25, 0.3) is 0 Å². The highest BCUT2D eigenvalue weighted by molar-refractivity contribution is 9.12. The van der Waals surface area contributed by atoms with Crippen molar-refractivity contribution < 1.29 is 9.30 Å². The molecule has 1 aromatic rings. The molecule has 0 saturated carbocycles. The number of allylic oxidation sites excluding steroid dienone is 1. The first-order valence-corrected chi connectivity index (χ1v) is 19.7. The van der Waals surface area contributed by atoms with Gasteiger partial charge in [0.1, 0.15) is 30.7 Å². The van der Waals surface area contributed by atoms with Gasteiger partial charge in [0, 0.05) is 57.6 Å². The number of anilines is 2. The van der Waals surface area contributed by atoms with Gasteiger partial charge in [-0.1, -0.05) is 13.0 Å². The van der Waals surface area contributed by atoms with E-state index in [1.54, 1.807) is 33.0 Å². The van der Waals surface area contributed by atoms with Crippen LogP contribution in [0, 0.1) is 5.92 Å². The van der Waals surface area contributed by atoms with E-state index in [2.05, 4.69) is 88.5 Å². The van der Waals surface area contributed by atoms with Gasteiger partial charge in [0.15, 0.2) is 6.29 Å². The van der Waals surface area contributed by atoms with E-state index in [4.69, 9.17) is 9.73 Å². The fourth-order valence-electron chi connectivity index (χ4n) is 7.09. The number of hydrogen-bond donors (Lipinski definition) is 5. The fraction of sp³-hybridized carbons (Fsp3) is 0.562. The summed E-state index contributed by atoms with van der Waals surface area (Å²) >= 11 is 3.64. The van der Waals surface area contributed by atoms with E-state index in [-0.39, 0.29) is 0 Å². The Bertz CT molecular complexity index is 1490. The van der Waals surface area contributed by atoms with Crippen LogP contribution in [0.5, 0.6) is 0 Å². The highest BCUT2D eigenvalue weighted by atomic mass is 79.9. The molecule has 4 heterocycles. The van der Waals surface area contributed by atoms with Crippen molar-refractivity contribution in [3.8, 4) is 0 Å². The Balaban J connectivity index is 1.13. The minimum atomic E-state index is -2.70. The van der Waals surface area contributed by atoms with Gasteiger partial charge < -0.3 is 30.2 Å². The largest absolute Gasteiger partial charge is 0.495 e. The number of rotatable bonds is 9. The highest BCUT2D eigenvalue weighted by Crippen LogP contribution is 2.45. The second kappa shape index (κ2) is 14.1. The maximum Gasteiger partial charge on any atom is 0.195 e. The third-order valence-corrected chi connectivity index (χ3v) is 11.8. The normalized spacial score (nSPS) is 26.3. The van der Waals surface area contributed by atoms with Gasteiger partial charge in [-0.05, 0) is 79.7 Å². The van der Waals surface area contributed by atoms with E-state index >= 15 is 0 Å². The molecule has 3 atom stereocenters. The first-order valence-electron chi connectivity index (χ1n) is 16.3. The smallest absolute Gasteiger partial charge is 0.195 e. The Kier molecular flexibility index (Phi) is 10.1. The Morgan fingerprint density at radius 3 is 2.54 bits per heavy atom. The first-order chi connectivity index (χ1) is 22.1. The quantitative estimate of drug-likeness (QED) is 0.243. The van der Waals surface area contributed by atoms with Crippen LogP contribution in [-0.2, 0) is 9.30 Å². The number of likely N-dealkylation sites (N-methyl/N-ethyl adjacent to an activating group) is 1. The average molecular weight is 716 g/mol. The summed E-state index contributed by atoms with van der Waals surface area (Å²) in [5, 5.41) is 11.2. The molecule has 0 spiro atoms. The molecule has 0 aromatic heterocycles. The summed E-state index contributed by atoms with van der Waals surface area (Å²) in [7, 11) is 1.26. The predicted octanol–water partition coefficient (Wildman–Crippen LogP) is 3.58. The van der Waals surface area contributed by atoms with Gasteiger partial charge in [0.05, 0.1) is 34.0 Å². The van der Waals surface area contributed by atoms with Gasteiger partial charge in [-0.15, -0.1) is 0 Å². The maximum absolute atomic E-state index is 13.4. The average Bonchev–Trinajstić information content (AvgIpc) is 3.06. The number of benzene rings is 1. The molecule has 14 heteroatoms. The molecule has 6 rings (SSSR count). The zero-order valence-electron chi connectivity index (χ0n) is 27.5. The number of halogens is 1. The summed E-state index contributed by atoms with van der Waals surface area (Å²) in [6.45, 7) is 12.7. The zero-order chi connectivity index (χ0) is 32.4.